The Morgan fingerprint density at radius 1 is 1.21 bits per heavy atom. The first-order chi connectivity index (χ1) is 13.0. The fourth-order valence-electron chi connectivity index (χ4n) is 2.96. The van der Waals surface area contributed by atoms with Crippen molar-refractivity contribution < 1.29 is 37.4 Å². The van der Waals surface area contributed by atoms with E-state index >= 15 is 0 Å². The molecule has 0 bridgehead atoms. The molecule has 28 heavy (non-hydrogen) atoms. The Morgan fingerprint density at radius 3 is 2.46 bits per heavy atom. The maximum atomic E-state index is 14.3. The standard InChI is InChI=1S/C18H14F4N2O4/c19-12-8-11(17(2-3-17)18(20,21)22)14(25)5-9(12)6-15(26)24-10-1-4-23-13(7-10)16(27)28/h1,4-5,7-8,25H,2-3,6H2,(H,27,28)(H,23,24,26). The number of carbonyl (C=O) groups excluding carboxylic acids is 1. The highest BCUT2D eigenvalue weighted by Gasteiger charge is 2.65. The Bertz CT molecular complexity index is 955. The van der Waals surface area contributed by atoms with Crippen molar-refractivity contribution in [2.45, 2.75) is 30.9 Å². The van der Waals surface area contributed by atoms with Gasteiger partial charge < -0.3 is 15.5 Å². The normalized spacial score (nSPS) is 15.1. The van der Waals surface area contributed by atoms with Gasteiger partial charge >= 0.3 is 12.1 Å². The summed E-state index contributed by atoms with van der Waals surface area (Å²) in [7, 11) is 0. The minimum Gasteiger partial charge on any atom is -0.508 e. The molecule has 1 aromatic heterocycles. The maximum absolute atomic E-state index is 14.3. The van der Waals surface area contributed by atoms with Crippen LogP contribution in [0, 0.1) is 5.82 Å². The Labute approximate surface area is 155 Å². The minimum absolute atomic E-state index is 0.104. The number of phenols is 1. The van der Waals surface area contributed by atoms with Crippen molar-refractivity contribution in [3.05, 3.63) is 53.1 Å². The van der Waals surface area contributed by atoms with Crippen molar-refractivity contribution >= 4 is 17.6 Å². The Hall–Kier alpha value is -3.17. The third-order valence-electron chi connectivity index (χ3n) is 4.59. The van der Waals surface area contributed by atoms with Crippen molar-refractivity contribution in [1.82, 2.24) is 4.98 Å². The van der Waals surface area contributed by atoms with Crippen LogP contribution in [-0.2, 0) is 16.6 Å². The maximum Gasteiger partial charge on any atom is 0.398 e. The molecule has 148 valence electrons. The lowest BCUT2D eigenvalue weighted by atomic mass is 9.92. The summed E-state index contributed by atoms with van der Waals surface area (Å²) in [5.74, 6) is -3.82. The molecule has 2 aromatic rings. The molecule has 1 fully saturated rings. The monoisotopic (exact) mass is 398 g/mol. The number of aromatic nitrogens is 1. The predicted molar refractivity (Wildman–Crippen MR) is 88.6 cm³/mol. The van der Waals surface area contributed by atoms with E-state index < -0.39 is 47.0 Å². The van der Waals surface area contributed by atoms with E-state index in [1.165, 1.54) is 6.07 Å². The molecule has 3 N–H and O–H groups in total. The molecular formula is C18H14F4N2O4. The second kappa shape index (κ2) is 6.77. The second-order valence-corrected chi connectivity index (χ2v) is 6.50. The number of carboxylic acid groups (broad SMARTS) is 1. The molecule has 0 saturated heterocycles. The number of rotatable bonds is 5. The lowest BCUT2D eigenvalue weighted by Gasteiger charge is -2.21. The number of aromatic carboxylic acids is 1. The number of amides is 1. The lowest BCUT2D eigenvalue weighted by molar-refractivity contribution is -0.161. The van der Waals surface area contributed by atoms with Gasteiger partial charge in [0.2, 0.25) is 5.91 Å². The van der Waals surface area contributed by atoms with Crippen LogP contribution in [0.2, 0.25) is 0 Å². The van der Waals surface area contributed by atoms with Crippen LogP contribution in [0.1, 0.15) is 34.5 Å². The molecule has 0 unspecified atom stereocenters. The number of carbonyl (C=O) groups is 2. The Balaban J connectivity index is 1.78. The highest BCUT2D eigenvalue weighted by Crippen LogP contribution is 2.60. The van der Waals surface area contributed by atoms with Crippen molar-refractivity contribution in [3.8, 4) is 5.75 Å². The smallest absolute Gasteiger partial charge is 0.398 e. The van der Waals surface area contributed by atoms with Crippen LogP contribution in [0.15, 0.2) is 30.5 Å². The third-order valence-corrected chi connectivity index (χ3v) is 4.59. The van der Waals surface area contributed by atoms with Gasteiger partial charge in [0, 0.05) is 23.0 Å². The number of benzene rings is 1. The van der Waals surface area contributed by atoms with Crippen LogP contribution in [0.5, 0.6) is 5.75 Å². The van der Waals surface area contributed by atoms with Crippen LogP contribution >= 0.6 is 0 Å². The van der Waals surface area contributed by atoms with E-state index in [1.54, 1.807) is 0 Å². The van der Waals surface area contributed by atoms with Crippen molar-refractivity contribution in [2.24, 2.45) is 0 Å². The number of nitrogens with one attached hydrogen (secondary N) is 1. The zero-order chi connectivity index (χ0) is 20.7. The summed E-state index contributed by atoms with van der Waals surface area (Å²) in [6, 6.07) is 3.84. The number of phenolic OH excluding ortho intramolecular Hbond substituents is 1. The molecule has 0 spiro atoms. The van der Waals surface area contributed by atoms with E-state index in [0.29, 0.717) is 6.07 Å². The van der Waals surface area contributed by atoms with E-state index in [-0.39, 0.29) is 29.8 Å². The lowest BCUT2D eigenvalue weighted by Crippen LogP contribution is -2.29. The highest BCUT2D eigenvalue weighted by atomic mass is 19.4. The first kappa shape index (κ1) is 19.6. The van der Waals surface area contributed by atoms with Crippen LogP contribution < -0.4 is 5.32 Å². The van der Waals surface area contributed by atoms with Crippen molar-refractivity contribution in [1.29, 1.82) is 0 Å². The molecule has 3 rings (SSSR count). The van der Waals surface area contributed by atoms with Crippen LogP contribution in [0.4, 0.5) is 23.2 Å². The molecule has 1 aromatic carbocycles. The highest BCUT2D eigenvalue weighted by molar-refractivity contribution is 5.94. The average Bonchev–Trinajstić information content (AvgIpc) is 3.39. The average molecular weight is 398 g/mol. The predicted octanol–water partition coefficient (Wildman–Crippen LogP) is 3.40. The molecule has 0 radical (unpaired) electrons. The van der Waals surface area contributed by atoms with Gasteiger partial charge in [0.05, 0.1) is 11.8 Å². The molecular weight excluding hydrogens is 384 g/mol. The number of hydrogen-bond acceptors (Lipinski definition) is 4. The SMILES string of the molecule is O=C(Cc1cc(O)c(C2(C(F)(F)F)CC2)cc1F)Nc1ccnc(C(=O)O)c1. The van der Waals surface area contributed by atoms with Crippen LogP contribution in [0.3, 0.4) is 0 Å². The number of pyridine rings is 1. The van der Waals surface area contributed by atoms with E-state index in [9.17, 15) is 32.3 Å². The molecule has 1 amide bonds. The molecule has 6 nitrogen and oxygen atoms in total. The van der Waals surface area contributed by atoms with Gasteiger partial charge in [-0.15, -0.1) is 0 Å². The molecule has 10 heteroatoms. The number of hydrogen-bond donors (Lipinski definition) is 3. The van der Waals surface area contributed by atoms with Gasteiger partial charge in [-0.1, -0.05) is 0 Å². The van der Waals surface area contributed by atoms with E-state index in [2.05, 4.69) is 10.3 Å². The Morgan fingerprint density at radius 2 is 1.89 bits per heavy atom. The Kier molecular flexibility index (Phi) is 4.74. The fourth-order valence-corrected chi connectivity index (χ4v) is 2.96. The number of carboxylic acids is 1. The molecule has 1 aliphatic carbocycles. The van der Waals surface area contributed by atoms with E-state index in [4.69, 9.17) is 5.11 Å². The summed E-state index contributed by atoms with van der Waals surface area (Å²) in [6.45, 7) is 0. The number of anilines is 1. The van der Waals surface area contributed by atoms with Crippen molar-refractivity contribution in [3.63, 3.8) is 0 Å². The summed E-state index contributed by atoms with van der Waals surface area (Å²) in [6.07, 6.45) is -4.50. The number of nitrogens with zero attached hydrogens (tertiary/aromatic N) is 1. The van der Waals surface area contributed by atoms with Gasteiger partial charge in [-0.3, -0.25) is 4.79 Å². The molecule has 1 heterocycles. The topological polar surface area (TPSA) is 99.5 Å². The fraction of sp³-hybridized carbons (Fsp3) is 0.278. The third kappa shape index (κ3) is 3.62. The quantitative estimate of drug-likeness (QED) is 0.671. The molecule has 0 atom stereocenters. The van der Waals surface area contributed by atoms with Gasteiger partial charge in [-0.2, -0.15) is 13.2 Å². The molecule has 0 aliphatic heterocycles. The summed E-state index contributed by atoms with van der Waals surface area (Å²) in [5, 5.41) is 21.2. The van der Waals surface area contributed by atoms with Gasteiger partial charge in [-0.25, -0.2) is 14.2 Å². The van der Waals surface area contributed by atoms with Gasteiger partial charge in [0.15, 0.2) is 0 Å². The summed E-state index contributed by atoms with van der Waals surface area (Å²) in [4.78, 5) is 26.5. The van der Waals surface area contributed by atoms with Crippen LogP contribution in [0.25, 0.3) is 0 Å². The van der Waals surface area contributed by atoms with Crippen molar-refractivity contribution in [2.75, 3.05) is 5.32 Å². The first-order valence-electron chi connectivity index (χ1n) is 8.11. The van der Waals surface area contributed by atoms with Crippen LogP contribution in [-0.4, -0.2) is 33.2 Å². The second-order valence-electron chi connectivity index (χ2n) is 6.50. The zero-order valence-corrected chi connectivity index (χ0v) is 14.2. The summed E-state index contributed by atoms with van der Waals surface area (Å²) in [5.41, 5.74) is -3.28. The number of halogens is 4. The zero-order valence-electron chi connectivity index (χ0n) is 14.2. The van der Waals surface area contributed by atoms with Gasteiger partial charge in [0.25, 0.3) is 0 Å². The minimum atomic E-state index is -4.61. The number of alkyl halides is 3. The van der Waals surface area contributed by atoms with E-state index in [1.807, 2.05) is 0 Å². The molecule has 1 aliphatic rings. The van der Waals surface area contributed by atoms with Gasteiger partial charge in [0.1, 0.15) is 17.3 Å². The molecule has 1 saturated carbocycles. The largest absolute Gasteiger partial charge is 0.508 e. The van der Waals surface area contributed by atoms with E-state index in [0.717, 1.165) is 18.3 Å². The summed E-state index contributed by atoms with van der Waals surface area (Å²) >= 11 is 0. The summed E-state index contributed by atoms with van der Waals surface area (Å²) < 4.78 is 53.9. The first-order valence-corrected chi connectivity index (χ1v) is 8.11. The van der Waals surface area contributed by atoms with Gasteiger partial charge in [-0.05, 0) is 37.1 Å². The number of aromatic hydroxyl groups is 1.